The molecule has 2 rings (SSSR count). The number of aromatic nitrogens is 4. The van der Waals surface area contributed by atoms with E-state index in [0.29, 0.717) is 6.61 Å². The van der Waals surface area contributed by atoms with Crippen LogP contribution in [0.3, 0.4) is 0 Å². The van der Waals surface area contributed by atoms with Gasteiger partial charge in [-0.2, -0.15) is 5.10 Å². The van der Waals surface area contributed by atoms with E-state index in [1.54, 1.807) is 7.11 Å². The Kier molecular flexibility index (Phi) is 5.13. The summed E-state index contributed by atoms with van der Waals surface area (Å²) in [5.41, 5.74) is 1.67. The molecule has 2 aromatic rings. The molecule has 120 valence electrons. The van der Waals surface area contributed by atoms with Gasteiger partial charge in [-0.3, -0.25) is 4.68 Å². The Labute approximate surface area is 131 Å². The third kappa shape index (κ3) is 4.27. The Hall–Kier alpha value is -1.95. The lowest BCUT2D eigenvalue weighted by molar-refractivity contribution is 0.181. The van der Waals surface area contributed by atoms with E-state index in [1.807, 2.05) is 23.1 Å². The topological polar surface area (TPSA) is 64.9 Å². The van der Waals surface area contributed by atoms with Crippen LogP contribution in [0.25, 0.3) is 0 Å². The largest absolute Gasteiger partial charge is 0.378 e. The van der Waals surface area contributed by atoms with E-state index in [1.165, 1.54) is 0 Å². The number of anilines is 2. The van der Waals surface area contributed by atoms with Gasteiger partial charge in [0.05, 0.1) is 24.2 Å². The maximum Gasteiger partial charge on any atom is 0.136 e. The molecule has 0 aliphatic carbocycles. The van der Waals surface area contributed by atoms with Crippen LogP contribution >= 0.6 is 0 Å². The van der Waals surface area contributed by atoms with Crippen molar-refractivity contribution in [2.24, 2.45) is 0 Å². The highest BCUT2D eigenvalue weighted by molar-refractivity contribution is 5.54. The van der Waals surface area contributed by atoms with Crippen molar-refractivity contribution >= 4 is 11.5 Å². The van der Waals surface area contributed by atoms with E-state index in [-0.39, 0.29) is 5.41 Å². The van der Waals surface area contributed by atoms with Gasteiger partial charge < -0.3 is 10.1 Å². The number of ether oxygens (including phenoxy) is 1. The summed E-state index contributed by atoms with van der Waals surface area (Å²) in [5, 5.41) is 7.62. The zero-order valence-electron chi connectivity index (χ0n) is 14.1. The molecular formula is C16H25N5O. The SMILES string of the molecule is CCCn1cc(Nc2cc(COC)nc(C(C)(C)C)n2)cn1. The summed E-state index contributed by atoms with van der Waals surface area (Å²) in [5.74, 6) is 1.56. The summed E-state index contributed by atoms with van der Waals surface area (Å²) in [6, 6.07) is 1.91. The van der Waals surface area contributed by atoms with E-state index in [2.05, 4.69) is 48.1 Å². The molecule has 0 radical (unpaired) electrons. The number of methoxy groups -OCH3 is 1. The summed E-state index contributed by atoms with van der Waals surface area (Å²) in [7, 11) is 1.67. The van der Waals surface area contributed by atoms with Gasteiger partial charge in [-0.15, -0.1) is 0 Å². The molecule has 0 saturated heterocycles. The lowest BCUT2D eigenvalue weighted by Crippen LogP contribution is -2.18. The standard InChI is InChI=1S/C16H25N5O/c1-6-7-21-10-13(9-17-21)18-14-8-12(11-22-5)19-15(20-14)16(2,3)4/h8-10H,6-7,11H2,1-5H3,(H,18,19,20). The van der Waals surface area contributed by atoms with Crippen LogP contribution in [0.5, 0.6) is 0 Å². The number of nitrogens with one attached hydrogen (secondary N) is 1. The molecule has 0 atom stereocenters. The van der Waals surface area contributed by atoms with E-state index >= 15 is 0 Å². The maximum absolute atomic E-state index is 5.20. The van der Waals surface area contributed by atoms with Crippen molar-refractivity contribution in [1.29, 1.82) is 0 Å². The smallest absolute Gasteiger partial charge is 0.136 e. The zero-order chi connectivity index (χ0) is 16.2. The Morgan fingerprint density at radius 3 is 2.68 bits per heavy atom. The predicted molar refractivity (Wildman–Crippen MR) is 87.2 cm³/mol. The van der Waals surface area contributed by atoms with Crippen LogP contribution in [0.1, 0.15) is 45.6 Å². The average Bonchev–Trinajstić information content (AvgIpc) is 2.85. The molecule has 0 spiro atoms. The molecule has 0 fully saturated rings. The normalized spacial score (nSPS) is 11.7. The molecule has 6 heteroatoms. The van der Waals surface area contributed by atoms with Crippen molar-refractivity contribution < 1.29 is 4.74 Å². The molecule has 0 amide bonds. The zero-order valence-corrected chi connectivity index (χ0v) is 14.1. The van der Waals surface area contributed by atoms with E-state index in [4.69, 9.17) is 4.74 Å². The number of rotatable bonds is 6. The number of hydrogen-bond donors (Lipinski definition) is 1. The third-order valence-electron chi connectivity index (χ3n) is 3.10. The molecule has 22 heavy (non-hydrogen) atoms. The Bertz CT molecular complexity index is 615. The maximum atomic E-state index is 5.20. The summed E-state index contributed by atoms with van der Waals surface area (Å²) >= 11 is 0. The molecule has 0 saturated carbocycles. The van der Waals surface area contributed by atoms with Crippen LogP contribution in [-0.4, -0.2) is 26.9 Å². The van der Waals surface area contributed by atoms with Crippen LogP contribution in [0.4, 0.5) is 11.5 Å². The third-order valence-corrected chi connectivity index (χ3v) is 3.10. The molecule has 1 N–H and O–H groups in total. The van der Waals surface area contributed by atoms with Crippen LogP contribution in [0.15, 0.2) is 18.5 Å². The van der Waals surface area contributed by atoms with E-state index < -0.39 is 0 Å². The molecular weight excluding hydrogens is 278 g/mol. The van der Waals surface area contributed by atoms with Crippen molar-refractivity contribution in [1.82, 2.24) is 19.7 Å². The Morgan fingerprint density at radius 2 is 2.05 bits per heavy atom. The minimum Gasteiger partial charge on any atom is -0.378 e. The second-order valence-electron chi connectivity index (χ2n) is 6.37. The first-order valence-electron chi connectivity index (χ1n) is 7.59. The highest BCUT2D eigenvalue weighted by Crippen LogP contribution is 2.22. The van der Waals surface area contributed by atoms with Crippen molar-refractivity contribution in [2.75, 3.05) is 12.4 Å². The van der Waals surface area contributed by atoms with Crippen molar-refractivity contribution in [3.63, 3.8) is 0 Å². The average molecular weight is 303 g/mol. The molecule has 2 heterocycles. The van der Waals surface area contributed by atoms with Gasteiger partial charge in [0.2, 0.25) is 0 Å². The Balaban J connectivity index is 2.26. The highest BCUT2D eigenvalue weighted by Gasteiger charge is 2.19. The van der Waals surface area contributed by atoms with Crippen molar-refractivity contribution in [2.45, 2.75) is 52.7 Å². The van der Waals surface area contributed by atoms with Gasteiger partial charge >= 0.3 is 0 Å². The molecule has 0 unspecified atom stereocenters. The highest BCUT2D eigenvalue weighted by atomic mass is 16.5. The lowest BCUT2D eigenvalue weighted by atomic mass is 9.95. The number of hydrogen-bond acceptors (Lipinski definition) is 5. The summed E-state index contributed by atoms with van der Waals surface area (Å²) in [4.78, 5) is 9.20. The molecule has 0 aliphatic rings. The fraction of sp³-hybridized carbons (Fsp3) is 0.562. The van der Waals surface area contributed by atoms with Gasteiger partial charge in [-0.25, -0.2) is 9.97 Å². The summed E-state index contributed by atoms with van der Waals surface area (Å²) in [6.45, 7) is 9.81. The second-order valence-corrected chi connectivity index (χ2v) is 6.37. The summed E-state index contributed by atoms with van der Waals surface area (Å²) < 4.78 is 7.12. The number of aryl methyl sites for hydroxylation is 1. The fourth-order valence-electron chi connectivity index (χ4n) is 2.05. The predicted octanol–water partition coefficient (Wildman–Crippen LogP) is 3.27. The van der Waals surface area contributed by atoms with Gasteiger partial charge in [0, 0.05) is 31.3 Å². The van der Waals surface area contributed by atoms with Crippen LogP contribution in [0.2, 0.25) is 0 Å². The summed E-state index contributed by atoms with van der Waals surface area (Å²) in [6.07, 6.45) is 4.85. The van der Waals surface area contributed by atoms with Gasteiger partial charge in [0.15, 0.2) is 0 Å². The fourth-order valence-corrected chi connectivity index (χ4v) is 2.05. The van der Waals surface area contributed by atoms with Crippen LogP contribution in [0, 0.1) is 0 Å². The monoisotopic (exact) mass is 303 g/mol. The number of nitrogens with zero attached hydrogens (tertiary/aromatic N) is 4. The Morgan fingerprint density at radius 1 is 1.27 bits per heavy atom. The first kappa shape index (κ1) is 16.4. The molecule has 0 aliphatic heterocycles. The van der Waals surface area contributed by atoms with E-state index in [0.717, 1.165) is 36.0 Å². The van der Waals surface area contributed by atoms with Crippen LogP contribution < -0.4 is 5.32 Å². The van der Waals surface area contributed by atoms with Gasteiger partial charge in [-0.1, -0.05) is 27.7 Å². The quantitative estimate of drug-likeness (QED) is 0.887. The minimum absolute atomic E-state index is 0.118. The van der Waals surface area contributed by atoms with Crippen molar-refractivity contribution in [3.05, 3.63) is 30.0 Å². The molecule has 0 aromatic carbocycles. The van der Waals surface area contributed by atoms with E-state index in [9.17, 15) is 0 Å². The van der Waals surface area contributed by atoms with Crippen molar-refractivity contribution in [3.8, 4) is 0 Å². The first-order chi connectivity index (χ1) is 10.4. The van der Waals surface area contributed by atoms with Gasteiger partial charge in [-0.05, 0) is 6.42 Å². The molecule has 0 bridgehead atoms. The molecule has 6 nitrogen and oxygen atoms in total. The minimum atomic E-state index is -0.118. The van der Waals surface area contributed by atoms with Gasteiger partial charge in [0.25, 0.3) is 0 Å². The van der Waals surface area contributed by atoms with Gasteiger partial charge in [0.1, 0.15) is 11.6 Å². The lowest BCUT2D eigenvalue weighted by Gasteiger charge is -2.18. The second kappa shape index (κ2) is 6.87. The first-order valence-corrected chi connectivity index (χ1v) is 7.59. The molecule has 2 aromatic heterocycles. The van der Waals surface area contributed by atoms with Crippen LogP contribution in [-0.2, 0) is 23.3 Å².